The van der Waals surface area contributed by atoms with Crippen LogP contribution in [-0.2, 0) is 14.8 Å². The lowest BCUT2D eigenvalue weighted by molar-refractivity contribution is -0.128. The molecule has 0 bridgehead atoms. The highest BCUT2D eigenvalue weighted by molar-refractivity contribution is 7.89. The number of amides is 1. The van der Waals surface area contributed by atoms with Crippen molar-refractivity contribution in [1.82, 2.24) is 9.62 Å². The Bertz CT molecular complexity index is 650. The summed E-state index contributed by atoms with van der Waals surface area (Å²) in [4.78, 5) is 13.6. The van der Waals surface area contributed by atoms with Gasteiger partial charge in [0.25, 0.3) is 0 Å². The molecule has 1 aromatic carbocycles. The summed E-state index contributed by atoms with van der Waals surface area (Å²) in [5, 5.41) is 0. The minimum atomic E-state index is -3.78. The summed E-state index contributed by atoms with van der Waals surface area (Å²) < 4.78 is 26.9. The van der Waals surface area contributed by atoms with E-state index in [1.807, 2.05) is 13.8 Å². The second kappa shape index (κ2) is 6.03. The fraction of sp³-hybridized carbons (Fsp3) is 0.500. The van der Waals surface area contributed by atoms with Gasteiger partial charge in [-0.1, -0.05) is 0 Å². The molecule has 7 heteroatoms. The van der Waals surface area contributed by atoms with Crippen LogP contribution in [0.25, 0.3) is 0 Å². The van der Waals surface area contributed by atoms with Gasteiger partial charge in [0.05, 0.1) is 12.2 Å². The van der Waals surface area contributed by atoms with Gasteiger partial charge in [0, 0.05) is 13.1 Å². The Morgan fingerprint density at radius 2 is 1.81 bits per heavy atom. The molecule has 2 rings (SSSR count). The van der Waals surface area contributed by atoms with Gasteiger partial charge >= 0.3 is 0 Å². The van der Waals surface area contributed by atoms with Crippen molar-refractivity contribution >= 4 is 21.6 Å². The highest BCUT2D eigenvalue weighted by atomic mass is 32.2. The van der Waals surface area contributed by atoms with E-state index >= 15 is 0 Å². The van der Waals surface area contributed by atoms with Gasteiger partial charge in [0.1, 0.15) is 4.90 Å². The first-order chi connectivity index (χ1) is 9.81. The molecule has 1 amide bonds. The van der Waals surface area contributed by atoms with Crippen LogP contribution in [0.2, 0.25) is 0 Å². The third kappa shape index (κ3) is 3.54. The molecule has 1 fully saturated rings. The third-order valence-electron chi connectivity index (χ3n) is 3.79. The molecule has 1 aromatic rings. The van der Waals surface area contributed by atoms with Crippen LogP contribution in [0.4, 0.5) is 5.69 Å². The Balaban J connectivity index is 2.11. The molecule has 116 valence electrons. The number of aryl methyl sites for hydroxylation is 2. The largest absolute Gasteiger partial charge is 0.398 e. The number of carbonyl (C=O) groups is 1. The SMILES string of the molecule is Cc1cc(N)c(S(=O)(=O)NCC(=O)N2CCCC2)cc1C. The molecule has 1 aliphatic heterocycles. The van der Waals surface area contributed by atoms with E-state index in [1.54, 1.807) is 11.0 Å². The van der Waals surface area contributed by atoms with Crippen molar-refractivity contribution in [2.24, 2.45) is 0 Å². The molecule has 0 aliphatic carbocycles. The van der Waals surface area contributed by atoms with Gasteiger partial charge in [-0.2, -0.15) is 0 Å². The van der Waals surface area contributed by atoms with E-state index in [0.29, 0.717) is 13.1 Å². The van der Waals surface area contributed by atoms with Gasteiger partial charge in [-0.05, 0) is 49.9 Å². The number of nitrogens with zero attached hydrogens (tertiary/aromatic N) is 1. The normalized spacial score (nSPS) is 15.4. The standard InChI is InChI=1S/C14H21N3O3S/c1-10-7-12(15)13(8-11(10)2)21(19,20)16-9-14(18)17-5-3-4-6-17/h7-8,16H,3-6,9,15H2,1-2H3. The van der Waals surface area contributed by atoms with Crippen molar-refractivity contribution in [2.45, 2.75) is 31.6 Å². The zero-order valence-corrected chi connectivity index (χ0v) is 13.2. The van der Waals surface area contributed by atoms with Gasteiger partial charge in [-0.25, -0.2) is 13.1 Å². The van der Waals surface area contributed by atoms with Gasteiger partial charge < -0.3 is 10.6 Å². The lowest BCUT2D eigenvalue weighted by Crippen LogP contribution is -2.38. The van der Waals surface area contributed by atoms with E-state index in [4.69, 9.17) is 5.73 Å². The van der Waals surface area contributed by atoms with Crippen LogP contribution in [0.3, 0.4) is 0 Å². The Kier molecular flexibility index (Phi) is 4.53. The fourth-order valence-corrected chi connectivity index (χ4v) is 3.53. The summed E-state index contributed by atoms with van der Waals surface area (Å²) >= 11 is 0. The molecule has 0 atom stereocenters. The summed E-state index contributed by atoms with van der Waals surface area (Å²) in [6, 6.07) is 3.17. The van der Waals surface area contributed by atoms with E-state index in [2.05, 4.69) is 4.72 Å². The van der Waals surface area contributed by atoms with E-state index in [-0.39, 0.29) is 23.0 Å². The minimum Gasteiger partial charge on any atom is -0.398 e. The number of carbonyl (C=O) groups excluding carboxylic acids is 1. The molecule has 21 heavy (non-hydrogen) atoms. The third-order valence-corrected chi connectivity index (χ3v) is 5.24. The summed E-state index contributed by atoms with van der Waals surface area (Å²) in [6.07, 6.45) is 1.95. The van der Waals surface area contributed by atoms with Crippen LogP contribution in [0, 0.1) is 13.8 Å². The molecule has 1 saturated heterocycles. The van der Waals surface area contributed by atoms with E-state index < -0.39 is 10.0 Å². The summed E-state index contributed by atoms with van der Waals surface area (Å²) in [7, 11) is -3.78. The number of benzene rings is 1. The maximum atomic E-state index is 12.3. The summed E-state index contributed by atoms with van der Waals surface area (Å²) in [5.74, 6) is -0.196. The van der Waals surface area contributed by atoms with Gasteiger partial charge in [-0.3, -0.25) is 4.79 Å². The molecule has 0 unspecified atom stereocenters. The predicted molar refractivity (Wildman–Crippen MR) is 81.3 cm³/mol. The zero-order chi connectivity index (χ0) is 15.6. The minimum absolute atomic E-state index is 0.0276. The molecule has 6 nitrogen and oxygen atoms in total. The van der Waals surface area contributed by atoms with E-state index in [1.165, 1.54) is 6.07 Å². The number of anilines is 1. The monoisotopic (exact) mass is 311 g/mol. The smallest absolute Gasteiger partial charge is 0.243 e. The topological polar surface area (TPSA) is 92.5 Å². The molecular weight excluding hydrogens is 290 g/mol. The first-order valence-corrected chi connectivity index (χ1v) is 8.44. The van der Waals surface area contributed by atoms with E-state index in [9.17, 15) is 13.2 Å². The van der Waals surface area contributed by atoms with Crippen LogP contribution < -0.4 is 10.5 Å². The van der Waals surface area contributed by atoms with Crippen molar-refractivity contribution in [3.05, 3.63) is 23.3 Å². The maximum Gasteiger partial charge on any atom is 0.243 e. The molecular formula is C14H21N3O3S. The summed E-state index contributed by atoms with van der Waals surface area (Å²) in [6.45, 7) is 4.86. The Hall–Kier alpha value is -1.60. The first-order valence-electron chi connectivity index (χ1n) is 6.95. The highest BCUT2D eigenvalue weighted by Crippen LogP contribution is 2.22. The summed E-state index contributed by atoms with van der Waals surface area (Å²) in [5.41, 5.74) is 7.76. The molecule has 0 radical (unpaired) electrons. The number of hydrogen-bond donors (Lipinski definition) is 2. The van der Waals surface area contributed by atoms with E-state index in [0.717, 1.165) is 24.0 Å². The lowest BCUT2D eigenvalue weighted by Gasteiger charge is -2.16. The number of nitrogens with one attached hydrogen (secondary N) is 1. The molecule has 0 spiro atoms. The van der Waals surface area contributed by atoms with Crippen LogP contribution in [0.5, 0.6) is 0 Å². The highest BCUT2D eigenvalue weighted by Gasteiger charge is 2.22. The van der Waals surface area contributed by atoms with Gasteiger partial charge in [-0.15, -0.1) is 0 Å². The second-order valence-electron chi connectivity index (χ2n) is 5.39. The number of sulfonamides is 1. The van der Waals surface area contributed by atoms with Crippen molar-refractivity contribution in [3.63, 3.8) is 0 Å². The Morgan fingerprint density at radius 1 is 1.24 bits per heavy atom. The second-order valence-corrected chi connectivity index (χ2v) is 7.12. The molecule has 0 saturated carbocycles. The number of rotatable bonds is 4. The van der Waals surface area contributed by atoms with Crippen LogP contribution in [0.1, 0.15) is 24.0 Å². The quantitative estimate of drug-likeness (QED) is 0.804. The number of hydrogen-bond acceptors (Lipinski definition) is 4. The number of nitrogen functional groups attached to an aromatic ring is 1. The van der Waals surface area contributed by atoms with Crippen molar-refractivity contribution in [3.8, 4) is 0 Å². The fourth-order valence-electron chi connectivity index (χ4n) is 2.36. The lowest BCUT2D eigenvalue weighted by atomic mass is 10.1. The molecule has 1 aliphatic rings. The van der Waals surface area contributed by atoms with Crippen molar-refractivity contribution in [2.75, 3.05) is 25.4 Å². The first kappa shape index (κ1) is 15.8. The maximum absolute atomic E-state index is 12.3. The number of nitrogens with two attached hydrogens (primary N) is 1. The van der Waals surface area contributed by atoms with Crippen LogP contribution in [0.15, 0.2) is 17.0 Å². The number of likely N-dealkylation sites (tertiary alicyclic amines) is 1. The van der Waals surface area contributed by atoms with Crippen molar-refractivity contribution < 1.29 is 13.2 Å². The molecule has 3 N–H and O–H groups in total. The zero-order valence-electron chi connectivity index (χ0n) is 12.3. The van der Waals surface area contributed by atoms with Crippen LogP contribution >= 0.6 is 0 Å². The van der Waals surface area contributed by atoms with Gasteiger partial charge in [0.2, 0.25) is 15.9 Å². The average Bonchev–Trinajstić information content (AvgIpc) is 2.94. The van der Waals surface area contributed by atoms with Gasteiger partial charge in [0.15, 0.2) is 0 Å². The molecule has 0 aromatic heterocycles. The Morgan fingerprint density at radius 3 is 2.43 bits per heavy atom. The Labute approximate surface area is 125 Å². The van der Waals surface area contributed by atoms with Crippen LogP contribution in [-0.4, -0.2) is 38.9 Å². The molecule has 1 heterocycles. The predicted octanol–water partition coefficient (Wildman–Crippen LogP) is 0.786. The average molecular weight is 311 g/mol. The van der Waals surface area contributed by atoms with Crippen molar-refractivity contribution in [1.29, 1.82) is 0 Å².